The number of guanidine groups is 1. The van der Waals surface area contributed by atoms with E-state index in [9.17, 15) is 27.5 Å². The largest absolute Gasteiger partial charge is 0.417 e. The average Bonchev–Trinajstić information content (AvgIpc) is 2.67. The second-order valence-electron chi connectivity index (χ2n) is 8.67. The highest BCUT2D eigenvalue weighted by Crippen LogP contribution is 2.52. The molecule has 1 fully saturated rings. The van der Waals surface area contributed by atoms with Gasteiger partial charge in [-0.2, -0.15) is 13.2 Å². The summed E-state index contributed by atoms with van der Waals surface area (Å²) in [4.78, 5) is 18.5. The van der Waals surface area contributed by atoms with Crippen LogP contribution in [0.1, 0.15) is 30.4 Å². The molecule has 2 aromatic rings. The molecule has 6 nitrogen and oxygen atoms in total. The zero-order valence-electron chi connectivity index (χ0n) is 16.8. The number of rotatable bonds is 3. The maximum Gasteiger partial charge on any atom is 0.417 e. The number of nitrogens with zero attached hydrogens (tertiary/aromatic N) is 2. The Labute approximate surface area is 180 Å². The number of halogens is 4. The van der Waals surface area contributed by atoms with Crippen molar-refractivity contribution < 1.29 is 27.5 Å². The molecule has 32 heavy (non-hydrogen) atoms. The van der Waals surface area contributed by atoms with Crippen molar-refractivity contribution in [3.63, 3.8) is 0 Å². The van der Waals surface area contributed by atoms with E-state index >= 15 is 0 Å². The molecule has 1 amide bonds. The molecule has 1 aliphatic heterocycles. The van der Waals surface area contributed by atoms with E-state index in [0.29, 0.717) is 12.1 Å². The number of anilines is 2. The molecule has 10 heteroatoms. The molecule has 2 aliphatic carbocycles. The van der Waals surface area contributed by atoms with Crippen molar-refractivity contribution in [3.8, 4) is 0 Å². The van der Waals surface area contributed by atoms with Crippen LogP contribution in [0.2, 0.25) is 0 Å². The van der Waals surface area contributed by atoms with Crippen LogP contribution in [0.25, 0.3) is 0 Å². The van der Waals surface area contributed by atoms with Crippen molar-refractivity contribution >= 4 is 23.2 Å². The van der Waals surface area contributed by atoms with E-state index in [1.54, 1.807) is 12.1 Å². The maximum absolute atomic E-state index is 13.2. The fourth-order valence-corrected chi connectivity index (χ4v) is 4.86. The molecule has 168 valence electrons. The number of carbonyl (C=O) groups is 1. The molecule has 4 N–H and O–H groups in total. The summed E-state index contributed by atoms with van der Waals surface area (Å²) in [5, 5.41) is 12.9. The van der Waals surface area contributed by atoms with Crippen LogP contribution >= 0.6 is 0 Å². The Morgan fingerprint density at radius 3 is 2.44 bits per heavy atom. The van der Waals surface area contributed by atoms with E-state index in [2.05, 4.69) is 10.3 Å². The van der Waals surface area contributed by atoms with Gasteiger partial charge in [-0.1, -0.05) is 12.1 Å². The fourth-order valence-electron chi connectivity index (χ4n) is 4.86. The lowest BCUT2D eigenvalue weighted by Crippen LogP contribution is -2.67. The van der Waals surface area contributed by atoms with Gasteiger partial charge in [-0.05, 0) is 41.5 Å². The molecule has 0 radical (unpaired) electrons. The third-order valence-electron chi connectivity index (χ3n) is 6.60. The van der Waals surface area contributed by atoms with E-state index in [-0.39, 0.29) is 18.2 Å². The zero-order chi connectivity index (χ0) is 22.9. The predicted octanol–water partition coefficient (Wildman–Crippen LogP) is 3.32. The highest BCUT2D eigenvalue weighted by molar-refractivity contribution is 6.00. The number of nitrogens with two attached hydrogens (primary N) is 1. The van der Waals surface area contributed by atoms with Crippen molar-refractivity contribution in [3.05, 3.63) is 59.4 Å². The molecule has 1 atom stereocenters. The van der Waals surface area contributed by atoms with Crippen LogP contribution in [-0.4, -0.2) is 39.7 Å². The summed E-state index contributed by atoms with van der Waals surface area (Å²) < 4.78 is 52.0. The summed E-state index contributed by atoms with van der Waals surface area (Å²) in [7, 11) is 0. The van der Waals surface area contributed by atoms with Crippen molar-refractivity contribution in [1.82, 2.24) is 4.90 Å². The van der Waals surface area contributed by atoms with Gasteiger partial charge in [-0.25, -0.2) is 9.38 Å². The molecule has 3 aliphatic rings. The van der Waals surface area contributed by atoms with Gasteiger partial charge in [-0.15, -0.1) is 0 Å². The first-order chi connectivity index (χ1) is 15.0. The van der Waals surface area contributed by atoms with Gasteiger partial charge in [0.25, 0.3) is 0 Å². The minimum Gasteiger partial charge on any atom is -0.380 e. The second-order valence-corrected chi connectivity index (χ2v) is 8.67. The third-order valence-corrected chi connectivity index (χ3v) is 6.60. The van der Waals surface area contributed by atoms with Crippen LogP contribution in [-0.2, 0) is 16.8 Å². The normalized spacial score (nSPS) is 29.2. The summed E-state index contributed by atoms with van der Waals surface area (Å²) in [6, 6.07) is 10.6. The van der Waals surface area contributed by atoms with Gasteiger partial charge < -0.3 is 16.2 Å². The average molecular weight is 448 g/mol. The summed E-state index contributed by atoms with van der Waals surface area (Å²) in [6.45, 7) is 0. The minimum absolute atomic E-state index is 0.0123. The van der Waals surface area contributed by atoms with E-state index in [1.165, 1.54) is 12.1 Å². The van der Waals surface area contributed by atoms with Crippen molar-refractivity contribution in [1.29, 1.82) is 0 Å². The third kappa shape index (κ3) is 3.04. The predicted molar refractivity (Wildman–Crippen MR) is 109 cm³/mol. The Hall–Kier alpha value is -3.14. The first kappa shape index (κ1) is 20.7. The van der Waals surface area contributed by atoms with E-state index < -0.39 is 42.1 Å². The van der Waals surface area contributed by atoms with Crippen LogP contribution in [0.3, 0.4) is 0 Å². The van der Waals surface area contributed by atoms with Crippen LogP contribution in [0.4, 0.5) is 28.9 Å². The van der Waals surface area contributed by atoms with Crippen LogP contribution in [0.5, 0.6) is 0 Å². The van der Waals surface area contributed by atoms with E-state index in [0.717, 1.165) is 21.7 Å². The number of alkyl halides is 3. The maximum atomic E-state index is 13.2. The molecule has 1 saturated carbocycles. The first-order valence-corrected chi connectivity index (χ1v) is 10.1. The number of fused-ring (bicyclic) bond motifs is 2. The molecule has 2 aromatic carbocycles. The first-order valence-electron chi connectivity index (χ1n) is 10.1. The highest BCUT2D eigenvalue weighted by atomic mass is 19.4. The summed E-state index contributed by atoms with van der Waals surface area (Å²) in [6.07, 6.45) is -5.57. The van der Waals surface area contributed by atoms with Crippen molar-refractivity contribution in [2.75, 3.05) is 5.32 Å². The summed E-state index contributed by atoms with van der Waals surface area (Å²) in [5.41, 5.74) is 5.67. The van der Waals surface area contributed by atoms with E-state index in [1.807, 2.05) is 18.2 Å². The summed E-state index contributed by atoms with van der Waals surface area (Å²) in [5.74, 6) is -0.877. The Balaban J connectivity index is 1.37. The number of aliphatic imine (C=N–C) groups is 1. The number of nitrogens with one attached hydrogen (secondary N) is 1. The molecule has 0 aromatic heterocycles. The Bertz CT molecular complexity index is 1130. The van der Waals surface area contributed by atoms with Gasteiger partial charge in [0.1, 0.15) is 11.4 Å². The number of hydrogen-bond donors (Lipinski definition) is 3. The molecule has 0 saturated heterocycles. The number of amides is 1. The number of benzene rings is 2. The fraction of sp³-hybridized carbons (Fsp3) is 0.364. The Kier molecular flexibility index (Phi) is 4.33. The lowest BCUT2D eigenvalue weighted by atomic mass is 9.67. The Morgan fingerprint density at radius 1 is 1.12 bits per heavy atom. The topological polar surface area (TPSA) is 91.0 Å². The van der Waals surface area contributed by atoms with Gasteiger partial charge in [-0.3, -0.25) is 9.69 Å². The lowest BCUT2D eigenvalue weighted by Gasteiger charge is -2.52. The van der Waals surface area contributed by atoms with Crippen LogP contribution in [0.15, 0.2) is 47.5 Å². The quantitative estimate of drug-likeness (QED) is 0.629. The van der Waals surface area contributed by atoms with Crippen molar-refractivity contribution in [2.24, 2.45) is 10.7 Å². The molecule has 1 spiro atoms. The SMILES string of the molecule is NC1=N[C@]2(CC(=O)N1C1CC(O)(C(F)(F)F)C1)Cc1c(Nc3ccc(F)cc3)cccc12. The van der Waals surface area contributed by atoms with Gasteiger partial charge in [0.05, 0.1) is 6.42 Å². The van der Waals surface area contributed by atoms with Crippen LogP contribution in [0, 0.1) is 5.82 Å². The molecule has 1 heterocycles. The van der Waals surface area contributed by atoms with Crippen molar-refractivity contribution in [2.45, 2.75) is 49.0 Å². The zero-order valence-corrected chi connectivity index (χ0v) is 16.8. The molecular weight excluding hydrogens is 428 g/mol. The number of aliphatic hydroxyl groups is 1. The van der Waals surface area contributed by atoms with Gasteiger partial charge in [0, 0.05) is 36.7 Å². The smallest absolute Gasteiger partial charge is 0.380 e. The molecular formula is C22H20F4N4O2. The second kappa shape index (κ2) is 6.68. The standard InChI is InChI=1S/C22H20F4N4O2/c23-12-4-6-13(7-5-12)28-17-3-1-2-16-15(17)10-20(16)11-18(31)30(19(27)29-20)14-8-21(32,9-14)22(24,25)26/h1-7,14,28,32H,8-11H2,(H2,27,29)/t14?,20-,21?/m0/s1. The van der Waals surface area contributed by atoms with Gasteiger partial charge in [0.15, 0.2) is 11.6 Å². The van der Waals surface area contributed by atoms with Crippen LogP contribution < -0.4 is 11.1 Å². The molecule has 5 rings (SSSR count). The lowest BCUT2D eigenvalue weighted by molar-refractivity contribution is -0.296. The minimum atomic E-state index is -4.75. The molecule has 0 bridgehead atoms. The summed E-state index contributed by atoms with van der Waals surface area (Å²) >= 11 is 0. The highest BCUT2D eigenvalue weighted by Gasteiger charge is 2.64. The van der Waals surface area contributed by atoms with E-state index in [4.69, 9.17) is 5.73 Å². The monoisotopic (exact) mass is 448 g/mol. The van der Waals surface area contributed by atoms with Gasteiger partial charge in [0.2, 0.25) is 5.91 Å². The Morgan fingerprint density at radius 2 is 1.81 bits per heavy atom. The molecule has 0 unspecified atom stereocenters. The van der Waals surface area contributed by atoms with Gasteiger partial charge >= 0.3 is 6.18 Å². The number of carbonyl (C=O) groups excluding carboxylic acids is 1. The number of hydrogen-bond acceptors (Lipinski definition) is 5.